The van der Waals surface area contributed by atoms with Gasteiger partial charge in [0.15, 0.2) is 0 Å². The summed E-state index contributed by atoms with van der Waals surface area (Å²) in [5.41, 5.74) is 0. The second-order valence-corrected chi connectivity index (χ2v) is 2.78. The predicted molar refractivity (Wildman–Crippen MR) is 43.0 cm³/mol. The minimum absolute atomic E-state index is 0.155. The molecule has 1 rings (SSSR count). The van der Waals surface area contributed by atoms with Gasteiger partial charge in [0.2, 0.25) is 0 Å². The quantitative estimate of drug-likeness (QED) is 0.555. The Morgan fingerprint density at radius 2 is 2.36 bits per heavy atom. The minimum Gasteiger partial charge on any atom is -0.335 e. The number of hydrogen-bond donors (Lipinski definition) is 2. The largest absolute Gasteiger partial charge is 0.335 e. The van der Waals surface area contributed by atoms with Crippen molar-refractivity contribution >= 4 is 6.03 Å². The maximum Gasteiger partial charge on any atom is 0.315 e. The maximum atomic E-state index is 10.9. The normalized spacial score (nSPS) is 18.2. The van der Waals surface area contributed by atoms with Crippen LogP contribution in [0.3, 0.4) is 0 Å². The summed E-state index contributed by atoms with van der Waals surface area (Å²) >= 11 is 0. The molecule has 1 atom stereocenters. The van der Waals surface area contributed by atoms with E-state index >= 15 is 0 Å². The third-order valence-electron chi connectivity index (χ3n) is 1.51. The molecule has 0 radical (unpaired) electrons. The van der Waals surface area contributed by atoms with E-state index in [2.05, 4.69) is 16.6 Å². The number of carbonyl (C=O) groups excluding carboxylic acids is 1. The molecule has 0 heterocycles. The summed E-state index contributed by atoms with van der Waals surface area (Å²) in [6.07, 6.45) is 7.26. The number of hydrogen-bond acceptors (Lipinski definition) is 1. The van der Waals surface area contributed by atoms with Crippen molar-refractivity contribution in [3.05, 3.63) is 0 Å². The fraction of sp³-hybridized carbons (Fsp3) is 0.625. The molecular weight excluding hydrogens is 140 g/mol. The smallest absolute Gasteiger partial charge is 0.315 e. The van der Waals surface area contributed by atoms with Gasteiger partial charge in [-0.25, -0.2) is 4.79 Å². The van der Waals surface area contributed by atoms with E-state index in [1.807, 2.05) is 0 Å². The zero-order valence-electron chi connectivity index (χ0n) is 6.55. The monoisotopic (exact) mass is 152 g/mol. The molecule has 11 heavy (non-hydrogen) atoms. The van der Waals surface area contributed by atoms with E-state index in [1.165, 1.54) is 0 Å². The molecule has 2 N–H and O–H groups in total. The molecule has 0 aromatic carbocycles. The lowest BCUT2D eigenvalue weighted by Crippen LogP contribution is -2.41. The zero-order chi connectivity index (χ0) is 8.27. The Balaban J connectivity index is 2.15. The van der Waals surface area contributed by atoms with Gasteiger partial charge in [0.1, 0.15) is 0 Å². The molecule has 0 saturated heterocycles. The van der Waals surface area contributed by atoms with Gasteiger partial charge in [0, 0.05) is 6.04 Å². The predicted octanol–water partition coefficient (Wildman–Crippen LogP) is 0.470. The van der Waals surface area contributed by atoms with Crippen molar-refractivity contribution < 1.29 is 4.79 Å². The van der Waals surface area contributed by atoms with Crippen LogP contribution >= 0.6 is 0 Å². The molecule has 1 unspecified atom stereocenters. The van der Waals surface area contributed by atoms with Gasteiger partial charge < -0.3 is 10.6 Å². The Hall–Kier alpha value is -1.17. The molecule has 1 saturated carbocycles. The van der Waals surface area contributed by atoms with Crippen LogP contribution in [0.5, 0.6) is 0 Å². The first-order chi connectivity index (χ1) is 5.22. The molecule has 3 heteroatoms. The minimum atomic E-state index is -0.186. The van der Waals surface area contributed by atoms with Crippen molar-refractivity contribution in [3.8, 4) is 12.3 Å². The van der Waals surface area contributed by atoms with Crippen LogP contribution in [0.2, 0.25) is 0 Å². The molecular formula is C8H12N2O. The fourth-order valence-electron chi connectivity index (χ4n) is 0.693. The van der Waals surface area contributed by atoms with E-state index < -0.39 is 0 Å². The second-order valence-electron chi connectivity index (χ2n) is 2.78. The topological polar surface area (TPSA) is 41.1 Å². The van der Waals surface area contributed by atoms with Crippen molar-refractivity contribution in [2.24, 2.45) is 0 Å². The Labute approximate surface area is 66.5 Å². The molecule has 60 valence electrons. The lowest BCUT2D eigenvalue weighted by atomic mass is 10.4. The third-order valence-corrected chi connectivity index (χ3v) is 1.51. The maximum absolute atomic E-state index is 10.9. The van der Waals surface area contributed by atoms with Gasteiger partial charge in [-0.3, -0.25) is 0 Å². The fourth-order valence-corrected chi connectivity index (χ4v) is 0.693. The summed E-state index contributed by atoms with van der Waals surface area (Å²) < 4.78 is 0. The van der Waals surface area contributed by atoms with Crippen LogP contribution < -0.4 is 10.6 Å². The van der Waals surface area contributed by atoms with Crippen molar-refractivity contribution in [3.63, 3.8) is 0 Å². The van der Waals surface area contributed by atoms with Crippen LogP contribution in [-0.2, 0) is 0 Å². The second kappa shape index (κ2) is 3.29. The van der Waals surface area contributed by atoms with Gasteiger partial charge in [-0.2, -0.15) is 0 Å². The third kappa shape index (κ3) is 2.94. The first kappa shape index (κ1) is 7.93. The number of rotatable bonds is 2. The first-order valence-electron chi connectivity index (χ1n) is 3.75. The van der Waals surface area contributed by atoms with E-state index in [9.17, 15) is 4.79 Å². The SMILES string of the molecule is C#CC(C)NC(=O)NC1CC1. The van der Waals surface area contributed by atoms with E-state index in [1.54, 1.807) is 6.92 Å². The summed E-state index contributed by atoms with van der Waals surface area (Å²) in [5.74, 6) is 2.42. The first-order valence-corrected chi connectivity index (χ1v) is 3.75. The molecule has 1 aliphatic rings. The number of nitrogens with one attached hydrogen (secondary N) is 2. The summed E-state index contributed by atoms with van der Waals surface area (Å²) in [4.78, 5) is 10.9. The van der Waals surface area contributed by atoms with Crippen LogP contribution in [0.15, 0.2) is 0 Å². The van der Waals surface area contributed by atoms with Gasteiger partial charge in [-0.15, -0.1) is 6.42 Å². The summed E-state index contributed by atoms with van der Waals surface area (Å²) in [6, 6.07) is 0.0478. The Kier molecular flexibility index (Phi) is 2.37. The standard InChI is InChI=1S/C8H12N2O/c1-3-6(2)9-8(11)10-7-4-5-7/h1,6-7H,4-5H2,2H3,(H2,9,10,11). The van der Waals surface area contributed by atoms with Gasteiger partial charge >= 0.3 is 6.03 Å². The molecule has 0 aromatic heterocycles. The zero-order valence-corrected chi connectivity index (χ0v) is 6.55. The average molecular weight is 152 g/mol. The lowest BCUT2D eigenvalue weighted by Gasteiger charge is -2.07. The van der Waals surface area contributed by atoms with E-state index in [0.29, 0.717) is 6.04 Å². The number of terminal acetylenes is 1. The van der Waals surface area contributed by atoms with Crippen molar-refractivity contribution in [1.82, 2.24) is 10.6 Å². The van der Waals surface area contributed by atoms with Crippen LogP contribution in [0, 0.1) is 12.3 Å². The molecule has 2 amide bonds. The molecule has 0 bridgehead atoms. The highest BCUT2D eigenvalue weighted by Gasteiger charge is 2.23. The Morgan fingerprint density at radius 3 is 2.82 bits per heavy atom. The summed E-state index contributed by atoms with van der Waals surface area (Å²) in [5, 5.41) is 5.39. The number of urea groups is 1. The molecule has 3 nitrogen and oxygen atoms in total. The summed E-state index contributed by atoms with van der Waals surface area (Å²) in [6.45, 7) is 1.77. The van der Waals surface area contributed by atoms with Crippen LogP contribution in [0.25, 0.3) is 0 Å². The highest BCUT2D eigenvalue weighted by atomic mass is 16.2. The Bertz CT molecular complexity index is 191. The van der Waals surface area contributed by atoms with E-state index in [4.69, 9.17) is 6.42 Å². The molecule has 0 spiro atoms. The van der Waals surface area contributed by atoms with Crippen LogP contribution in [-0.4, -0.2) is 18.1 Å². The summed E-state index contributed by atoms with van der Waals surface area (Å²) in [7, 11) is 0. The molecule has 0 aromatic rings. The molecule has 1 aliphatic carbocycles. The molecule has 1 fully saturated rings. The average Bonchev–Trinajstić information content (AvgIpc) is 2.71. The van der Waals surface area contributed by atoms with Gasteiger partial charge in [-0.1, -0.05) is 5.92 Å². The van der Waals surface area contributed by atoms with Crippen molar-refractivity contribution in [1.29, 1.82) is 0 Å². The van der Waals surface area contributed by atoms with Gasteiger partial charge in [0.05, 0.1) is 6.04 Å². The Morgan fingerprint density at radius 1 is 1.73 bits per heavy atom. The highest BCUT2D eigenvalue weighted by molar-refractivity contribution is 5.75. The van der Waals surface area contributed by atoms with E-state index in [0.717, 1.165) is 12.8 Å². The van der Waals surface area contributed by atoms with Gasteiger partial charge in [-0.05, 0) is 19.8 Å². The van der Waals surface area contributed by atoms with Crippen LogP contribution in [0.4, 0.5) is 4.79 Å². The van der Waals surface area contributed by atoms with Gasteiger partial charge in [0.25, 0.3) is 0 Å². The van der Waals surface area contributed by atoms with Crippen molar-refractivity contribution in [2.45, 2.75) is 31.8 Å². The number of carbonyl (C=O) groups is 1. The highest BCUT2D eigenvalue weighted by Crippen LogP contribution is 2.18. The van der Waals surface area contributed by atoms with Crippen molar-refractivity contribution in [2.75, 3.05) is 0 Å². The molecule has 0 aliphatic heterocycles. The van der Waals surface area contributed by atoms with Crippen LogP contribution in [0.1, 0.15) is 19.8 Å². The lowest BCUT2D eigenvalue weighted by molar-refractivity contribution is 0.239. The van der Waals surface area contributed by atoms with E-state index in [-0.39, 0.29) is 12.1 Å². The number of amides is 2.